The summed E-state index contributed by atoms with van der Waals surface area (Å²) in [6.07, 6.45) is 3.31. The fourth-order valence-corrected chi connectivity index (χ4v) is 3.62. The smallest absolute Gasteiger partial charge is 0.303 e. The molecule has 156 valence electrons. The average molecular weight is 414 g/mol. The predicted molar refractivity (Wildman–Crippen MR) is 118 cm³/mol. The molecule has 31 heavy (non-hydrogen) atoms. The molecule has 1 aliphatic rings. The maximum atomic E-state index is 13.1. The zero-order valence-electron chi connectivity index (χ0n) is 17.8. The number of urea groups is 1. The van der Waals surface area contributed by atoms with Crippen LogP contribution in [0.5, 0.6) is 0 Å². The zero-order chi connectivity index (χ0) is 22.3. The summed E-state index contributed by atoms with van der Waals surface area (Å²) in [5.41, 5.74) is 4.81. The zero-order valence-corrected chi connectivity index (χ0v) is 17.8. The highest BCUT2D eigenvalue weighted by Gasteiger charge is 2.37. The molecule has 0 bridgehead atoms. The molecule has 0 aliphatic carbocycles. The highest BCUT2D eigenvalue weighted by atomic mass is 16.2. The van der Waals surface area contributed by atoms with Gasteiger partial charge in [0.25, 0.3) is 11.8 Å². The van der Waals surface area contributed by atoms with Gasteiger partial charge in [-0.05, 0) is 69.2 Å². The molecule has 0 saturated carbocycles. The van der Waals surface area contributed by atoms with E-state index in [0.717, 1.165) is 33.2 Å². The third kappa shape index (κ3) is 3.66. The van der Waals surface area contributed by atoms with Gasteiger partial charge in [-0.15, -0.1) is 0 Å². The summed E-state index contributed by atoms with van der Waals surface area (Å²) in [5, 5.41) is 2.26. The van der Waals surface area contributed by atoms with E-state index in [1.807, 2.05) is 50.5 Å². The normalized spacial score (nSPS) is 15.5. The van der Waals surface area contributed by atoms with Crippen molar-refractivity contribution >= 4 is 29.6 Å². The minimum Gasteiger partial charge on any atom is -0.303 e. The summed E-state index contributed by atoms with van der Waals surface area (Å²) >= 11 is 0. The van der Waals surface area contributed by atoms with Crippen molar-refractivity contribution in [3.05, 3.63) is 82.3 Å². The molecule has 7 nitrogen and oxygen atoms in total. The van der Waals surface area contributed by atoms with Gasteiger partial charge < -0.3 is 4.57 Å². The Morgan fingerprint density at radius 1 is 0.903 bits per heavy atom. The molecule has 0 unspecified atom stereocenters. The number of aryl methyl sites for hydroxylation is 3. The van der Waals surface area contributed by atoms with Crippen LogP contribution in [0, 0.1) is 27.7 Å². The SMILES string of the molecule is Cc1ccc(N2C(=O)NC(=O)/C(=C\c3cc(C)n(-c4ccc(C)cn4)c3C)C2=O)cc1. The molecular formula is C24H22N4O3. The number of carbonyl (C=O) groups is 3. The number of rotatable bonds is 3. The van der Waals surface area contributed by atoms with E-state index >= 15 is 0 Å². The van der Waals surface area contributed by atoms with Crippen molar-refractivity contribution < 1.29 is 14.4 Å². The number of barbiturate groups is 1. The van der Waals surface area contributed by atoms with E-state index in [1.165, 1.54) is 6.08 Å². The minimum atomic E-state index is -0.759. The van der Waals surface area contributed by atoms with E-state index in [-0.39, 0.29) is 5.57 Å². The van der Waals surface area contributed by atoms with Crippen LogP contribution < -0.4 is 10.2 Å². The Morgan fingerprint density at radius 3 is 2.23 bits per heavy atom. The molecular weight excluding hydrogens is 392 g/mol. The molecule has 3 heterocycles. The van der Waals surface area contributed by atoms with Crippen LogP contribution in [0.4, 0.5) is 10.5 Å². The lowest BCUT2D eigenvalue weighted by atomic mass is 10.1. The third-order valence-electron chi connectivity index (χ3n) is 5.29. The highest BCUT2D eigenvalue weighted by Crippen LogP contribution is 2.25. The van der Waals surface area contributed by atoms with Gasteiger partial charge in [0.1, 0.15) is 11.4 Å². The minimum absolute atomic E-state index is 0.0997. The van der Waals surface area contributed by atoms with Crippen LogP contribution in [0.2, 0.25) is 0 Å². The molecule has 0 spiro atoms. The van der Waals surface area contributed by atoms with Gasteiger partial charge >= 0.3 is 6.03 Å². The van der Waals surface area contributed by atoms with Gasteiger partial charge in [-0.3, -0.25) is 14.9 Å². The lowest BCUT2D eigenvalue weighted by Gasteiger charge is -2.26. The van der Waals surface area contributed by atoms with Crippen molar-refractivity contribution in [2.45, 2.75) is 27.7 Å². The second-order valence-corrected chi connectivity index (χ2v) is 7.65. The predicted octanol–water partition coefficient (Wildman–Crippen LogP) is 3.77. The van der Waals surface area contributed by atoms with Gasteiger partial charge in [0.15, 0.2) is 0 Å². The molecule has 0 atom stereocenters. The Morgan fingerprint density at radius 2 is 1.58 bits per heavy atom. The Balaban J connectivity index is 1.75. The molecule has 3 aromatic rings. The number of hydrogen-bond donors (Lipinski definition) is 1. The summed E-state index contributed by atoms with van der Waals surface area (Å²) in [4.78, 5) is 43.4. The first kappa shape index (κ1) is 20.3. The molecule has 1 aliphatic heterocycles. The number of anilines is 1. The number of aromatic nitrogens is 2. The summed E-state index contributed by atoms with van der Waals surface area (Å²) in [6.45, 7) is 7.71. The van der Waals surface area contributed by atoms with E-state index < -0.39 is 17.8 Å². The van der Waals surface area contributed by atoms with Crippen molar-refractivity contribution in [2.75, 3.05) is 4.90 Å². The molecule has 4 rings (SSSR count). The lowest BCUT2D eigenvalue weighted by Crippen LogP contribution is -2.54. The Labute approximate surface area is 180 Å². The summed E-state index contributed by atoms with van der Waals surface area (Å²) in [6, 6.07) is 12.0. The highest BCUT2D eigenvalue weighted by molar-refractivity contribution is 6.39. The van der Waals surface area contributed by atoms with Gasteiger partial charge in [0.05, 0.1) is 5.69 Å². The molecule has 1 fully saturated rings. The standard InChI is InChI=1S/C24H22N4O3/c1-14-5-8-19(9-6-14)28-23(30)20(22(29)26-24(28)31)12-18-11-16(3)27(17(18)4)21-10-7-15(2)13-25-21/h5-13H,1-4H3,(H,26,29,31)/b20-12+. The number of amides is 4. The van der Waals surface area contributed by atoms with Crippen LogP contribution in [0.15, 0.2) is 54.2 Å². The number of nitrogens with one attached hydrogen (secondary N) is 1. The van der Waals surface area contributed by atoms with Crippen LogP contribution in [-0.2, 0) is 9.59 Å². The van der Waals surface area contributed by atoms with Gasteiger partial charge in [-0.25, -0.2) is 14.7 Å². The second-order valence-electron chi connectivity index (χ2n) is 7.65. The van der Waals surface area contributed by atoms with E-state index in [2.05, 4.69) is 10.3 Å². The first-order chi connectivity index (χ1) is 14.8. The van der Waals surface area contributed by atoms with E-state index in [4.69, 9.17) is 0 Å². The molecule has 1 saturated heterocycles. The van der Waals surface area contributed by atoms with E-state index in [9.17, 15) is 14.4 Å². The molecule has 2 aromatic heterocycles. The number of benzene rings is 1. The quantitative estimate of drug-likeness (QED) is 0.522. The van der Waals surface area contributed by atoms with E-state index in [0.29, 0.717) is 11.3 Å². The summed E-state index contributed by atoms with van der Waals surface area (Å²) in [5.74, 6) is -0.617. The maximum Gasteiger partial charge on any atom is 0.335 e. The third-order valence-corrected chi connectivity index (χ3v) is 5.29. The lowest BCUT2D eigenvalue weighted by molar-refractivity contribution is -0.122. The summed E-state index contributed by atoms with van der Waals surface area (Å²) < 4.78 is 1.96. The number of hydrogen-bond acceptors (Lipinski definition) is 4. The number of carbonyl (C=O) groups excluding carboxylic acids is 3. The van der Waals surface area contributed by atoms with Gasteiger partial charge in [-0.2, -0.15) is 0 Å². The second kappa shape index (κ2) is 7.68. The number of nitrogens with zero attached hydrogens (tertiary/aromatic N) is 3. The van der Waals surface area contributed by atoms with Crippen LogP contribution in [0.1, 0.15) is 28.1 Å². The largest absolute Gasteiger partial charge is 0.335 e. The molecule has 1 N–H and O–H groups in total. The van der Waals surface area contributed by atoms with Crippen molar-refractivity contribution in [3.8, 4) is 5.82 Å². The number of pyridine rings is 1. The Hall–Kier alpha value is -4.00. The van der Waals surface area contributed by atoms with Gasteiger partial charge in [-0.1, -0.05) is 23.8 Å². The van der Waals surface area contributed by atoms with Crippen molar-refractivity contribution in [1.82, 2.24) is 14.9 Å². The average Bonchev–Trinajstić information content (AvgIpc) is 3.00. The van der Waals surface area contributed by atoms with E-state index in [1.54, 1.807) is 30.5 Å². The first-order valence-corrected chi connectivity index (χ1v) is 9.86. The molecule has 7 heteroatoms. The number of imide groups is 2. The van der Waals surface area contributed by atoms with Crippen LogP contribution in [-0.4, -0.2) is 27.4 Å². The monoisotopic (exact) mass is 414 g/mol. The van der Waals surface area contributed by atoms with Crippen LogP contribution in [0.3, 0.4) is 0 Å². The maximum absolute atomic E-state index is 13.1. The fraction of sp³-hybridized carbons (Fsp3) is 0.167. The fourth-order valence-electron chi connectivity index (χ4n) is 3.62. The first-order valence-electron chi connectivity index (χ1n) is 9.86. The van der Waals surface area contributed by atoms with Gasteiger partial charge in [0, 0.05) is 17.6 Å². The van der Waals surface area contributed by atoms with Gasteiger partial charge in [0.2, 0.25) is 0 Å². The Kier molecular flexibility index (Phi) is 5.02. The Bertz CT molecular complexity index is 1240. The molecule has 0 radical (unpaired) electrons. The van der Waals surface area contributed by atoms with Crippen molar-refractivity contribution in [3.63, 3.8) is 0 Å². The molecule has 4 amide bonds. The summed E-state index contributed by atoms with van der Waals surface area (Å²) in [7, 11) is 0. The van der Waals surface area contributed by atoms with Crippen molar-refractivity contribution in [2.24, 2.45) is 0 Å². The topological polar surface area (TPSA) is 84.3 Å². The van der Waals surface area contributed by atoms with Crippen LogP contribution >= 0.6 is 0 Å². The van der Waals surface area contributed by atoms with Crippen molar-refractivity contribution in [1.29, 1.82) is 0 Å². The van der Waals surface area contributed by atoms with Crippen LogP contribution in [0.25, 0.3) is 11.9 Å². The molecule has 1 aromatic carbocycles.